The molecule has 1 aliphatic heterocycles. The smallest absolute Gasteiger partial charge is 0.169 e. The molecule has 0 radical (unpaired) electrons. The Bertz CT molecular complexity index is 411. The number of benzene rings is 1. The van der Waals surface area contributed by atoms with Crippen LogP contribution < -0.4 is 15.0 Å². The van der Waals surface area contributed by atoms with Gasteiger partial charge in [0, 0.05) is 12.5 Å². The van der Waals surface area contributed by atoms with Gasteiger partial charge in [-0.3, -0.25) is 0 Å². The van der Waals surface area contributed by atoms with Crippen LogP contribution >= 0.6 is 0 Å². The molecule has 2 N–H and O–H groups in total. The number of fused-ring (bicyclic) bond motifs is 1. The standard InChI is InChI=1S/C11H14FNO4/c1-15-13-6-7-10(14)8(12)5-9-11(7)17-4-2-3-16-9/h5,13-14H,2-4,6H2,1H3. The molecule has 0 spiro atoms. The highest BCUT2D eigenvalue weighted by Gasteiger charge is 2.21. The molecule has 1 aromatic rings. The van der Waals surface area contributed by atoms with Gasteiger partial charge in [0.25, 0.3) is 0 Å². The highest BCUT2D eigenvalue weighted by atomic mass is 19.1. The lowest BCUT2D eigenvalue weighted by molar-refractivity contribution is 0.0851. The van der Waals surface area contributed by atoms with Gasteiger partial charge in [-0.2, -0.15) is 5.48 Å². The minimum absolute atomic E-state index is 0.131. The number of halogens is 1. The van der Waals surface area contributed by atoms with E-state index in [0.29, 0.717) is 36.7 Å². The average Bonchev–Trinajstić information content (AvgIpc) is 2.55. The van der Waals surface area contributed by atoms with E-state index in [-0.39, 0.29) is 6.54 Å². The first-order chi connectivity index (χ1) is 8.24. The largest absolute Gasteiger partial charge is 0.504 e. The van der Waals surface area contributed by atoms with E-state index in [4.69, 9.17) is 9.47 Å². The fourth-order valence-electron chi connectivity index (χ4n) is 1.64. The van der Waals surface area contributed by atoms with Crippen molar-refractivity contribution in [2.45, 2.75) is 13.0 Å². The number of nitrogens with one attached hydrogen (secondary N) is 1. The summed E-state index contributed by atoms with van der Waals surface area (Å²) in [4.78, 5) is 4.68. The molecule has 0 aliphatic carbocycles. The number of phenols is 1. The fraction of sp³-hybridized carbons (Fsp3) is 0.455. The molecule has 1 heterocycles. The quantitative estimate of drug-likeness (QED) is 0.784. The van der Waals surface area contributed by atoms with Crippen LogP contribution in [0, 0.1) is 5.82 Å². The Labute approximate surface area is 98.1 Å². The Morgan fingerprint density at radius 1 is 1.47 bits per heavy atom. The Morgan fingerprint density at radius 2 is 2.24 bits per heavy atom. The topological polar surface area (TPSA) is 60.0 Å². The number of hydrogen-bond donors (Lipinski definition) is 2. The van der Waals surface area contributed by atoms with Crippen molar-refractivity contribution in [3.63, 3.8) is 0 Å². The molecule has 2 rings (SSSR count). The third kappa shape index (κ3) is 2.42. The minimum Gasteiger partial charge on any atom is -0.504 e. The van der Waals surface area contributed by atoms with Gasteiger partial charge in [-0.25, -0.2) is 4.39 Å². The van der Waals surface area contributed by atoms with Crippen LogP contribution in [-0.2, 0) is 11.4 Å². The molecular formula is C11H14FNO4. The van der Waals surface area contributed by atoms with Crippen molar-refractivity contribution >= 4 is 0 Å². The molecule has 0 fully saturated rings. The summed E-state index contributed by atoms with van der Waals surface area (Å²) in [7, 11) is 1.44. The molecular weight excluding hydrogens is 229 g/mol. The average molecular weight is 243 g/mol. The number of phenolic OH excluding ortho intramolecular Hbond substituents is 1. The van der Waals surface area contributed by atoms with Crippen molar-refractivity contribution in [3.8, 4) is 17.2 Å². The van der Waals surface area contributed by atoms with E-state index < -0.39 is 11.6 Å². The van der Waals surface area contributed by atoms with Crippen molar-refractivity contribution in [2.75, 3.05) is 20.3 Å². The lowest BCUT2D eigenvalue weighted by Crippen LogP contribution is -2.13. The monoisotopic (exact) mass is 243 g/mol. The summed E-state index contributed by atoms with van der Waals surface area (Å²) in [6.45, 7) is 1.07. The van der Waals surface area contributed by atoms with Crippen LogP contribution in [0.15, 0.2) is 6.07 Å². The SMILES string of the molecule is CONCc1c(O)c(F)cc2c1OCCCO2. The summed E-state index contributed by atoms with van der Waals surface area (Å²) in [6.07, 6.45) is 0.716. The van der Waals surface area contributed by atoms with Gasteiger partial charge in [-0.15, -0.1) is 0 Å². The summed E-state index contributed by atoms with van der Waals surface area (Å²) in [5.41, 5.74) is 2.84. The van der Waals surface area contributed by atoms with E-state index in [1.807, 2.05) is 0 Å². The van der Waals surface area contributed by atoms with Crippen molar-refractivity contribution < 1.29 is 23.8 Å². The van der Waals surface area contributed by atoms with Crippen molar-refractivity contribution in [1.82, 2.24) is 5.48 Å². The lowest BCUT2D eigenvalue weighted by Gasteiger charge is -2.14. The predicted octanol–water partition coefficient (Wildman–Crippen LogP) is 1.34. The van der Waals surface area contributed by atoms with E-state index in [2.05, 4.69) is 10.3 Å². The second kappa shape index (κ2) is 5.20. The van der Waals surface area contributed by atoms with Gasteiger partial charge in [0.1, 0.15) is 0 Å². The molecule has 1 aliphatic rings. The van der Waals surface area contributed by atoms with Crippen molar-refractivity contribution in [1.29, 1.82) is 0 Å². The van der Waals surface area contributed by atoms with Crippen LogP contribution in [0.25, 0.3) is 0 Å². The van der Waals surface area contributed by atoms with E-state index in [0.717, 1.165) is 6.07 Å². The predicted molar refractivity (Wildman–Crippen MR) is 57.5 cm³/mol. The second-order valence-corrected chi connectivity index (χ2v) is 3.59. The van der Waals surface area contributed by atoms with Gasteiger partial charge in [0.2, 0.25) is 0 Å². The Morgan fingerprint density at radius 3 is 3.00 bits per heavy atom. The van der Waals surface area contributed by atoms with Crippen molar-refractivity contribution in [3.05, 3.63) is 17.4 Å². The molecule has 17 heavy (non-hydrogen) atoms. The van der Waals surface area contributed by atoms with Crippen LogP contribution in [0.2, 0.25) is 0 Å². The Hall–Kier alpha value is -1.53. The van der Waals surface area contributed by atoms with Gasteiger partial charge in [0.05, 0.1) is 32.4 Å². The first-order valence-electron chi connectivity index (χ1n) is 5.30. The van der Waals surface area contributed by atoms with Crippen LogP contribution in [-0.4, -0.2) is 25.4 Å². The zero-order valence-electron chi connectivity index (χ0n) is 9.46. The normalized spacial score (nSPS) is 14.5. The highest BCUT2D eigenvalue weighted by molar-refractivity contribution is 5.54. The first-order valence-corrected chi connectivity index (χ1v) is 5.30. The van der Waals surface area contributed by atoms with E-state index in [9.17, 15) is 9.50 Å². The maximum atomic E-state index is 13.5. The van der Waals surface area contributed by atoms with Crippen molar-refractivity contribution in [2.24, 2.45) is 0 Å². The number of rotatable bonds is 3. The van der Waals surface area contributed by atoms with Crippen LogP contribution in [0.3, 0.4) is 0 Å². The molecule has 0 unspecified atom stereocenters. The Balaban J connectivity index is 2.42. The maximum Gasteiger partial charge on any atom is 0.169 e. The second-order valence-electron chi connectivity index (χ2n) is 3.59. The van der Waals surface area contributed by atoms with Crippen LogP contribution in [0.5, 0.6) is 17.2 Å². The third-order valence-electron chi connectivity index (χ3n) is 2.45. The highest BCUT2D eigenvalue weighted by Crippen LogP contribution is 2.40. The van der Waals surface area contributed by atoms with Gasteiger partial charge in [-0.05, 0) is 0 Å². The Kier molecular flexibility index (Phi) is 3.65. The van der Waals surface area contributed by atoms with Gasteiger partial charge >= 0.3 is 0 Å². The number of hydroxylamine groups is 1. The maximum absolute atomic E-state index is 13.5. The minimum atomic E-state index is -0.734. The number of aromatic hydroxyl groups is 1. The molecule has 0 atom stereocenters. The molecule has 0 saturated carbocycles. The van der Waals surface area contributed by atoms with Crippen LogP contribution in [0.1, 0.15) is 12.0 Å². The molecule has 0 aromatic heterocycles. The third-order valence-corrected chi connectivity index (χ3v) is 2.45. The summed E-state index contributed by atoms with van der Waals surface area (Å²) in [5, 5.41) is 9.67. The zero-order valence-corrected chi connectivity index (χ0v) is 9.46. The zero-order chi connectivity index (χ0) is 12.3. The molecule has 6 heteroatoms. The van der Waals surface area contributed by atoms with Gasteiger partial charge < -0.3 is 19.4 Å². The molecule has 5 nitrogen and oxygen atoms in total. The summed E-state index contributed by atoms with van der Waals surface area (Å²) in [6, 6.07) is 1.13. The van der Waals surface area contributed by atoms with Gasteiger partial charge in [0.15, 0.2) is 23.1 Å². The molecule has 0 amide bonds. The van der Waals surface area contributed by atoms with E-state index >= 15 is 0 Å². The molecule has 0 saturated heterocycles. The fourth-order valence-corrected chi connectivity index (χ4v) is 1.64. The van der Waals surface area contributed by atoms with Gasteiger partial charge in [-0.1, -0.05) is 0 Å². The molecule has 94 valence electrons. The molecule has 1 aromatic carbocycles. The summed E-state index contributed by atoms with van der Waals surface area (Å²) >= 11 is 0. The molecule has 0 bridgehead atoms. The number of ether oxygens (including phenoxy) is 2. The first kappa shape index (κ1) is 11.9. The lowest BCUT2D eigenvalue weighted by atomic mass is 10.1. The summed E-state index contributed by atoms with van der Waals surface area (Å²) in [5.74, 6) is -0.502. The summed E-state index contributed by atoms with van der Waals surface area (Å²) < 4.78 is 24.3. The van der Waals surface area contributed by atoms with E-state index in [1.54, 1.807) is 0 Å². The number of hydrogen-bond acceptors (Lipinski definition) is 5. The van der Waals surface area contributed by atoms with Crippen LogP contribution in [0.4, 0.5) is 4.39 Å². The van der Waals surface area contributed by atoms with E-state index in [1.165, 1.54) is 7.11 Å².